The topological polar surface area (TPSA) is 86.9 Å². The quantitative estimate of drug-likeness (QED) is 0.804. The van der Waals surface area contributed by atoms with Gasteiger partial charge in [-0.1, -0.05) is 0 Å². The predicted octanol–water partition coefficient (Wildman–Crippen LogP) is 1.76. The van der Waals surface area contributed by atoms with Crippen LogP contribution in [0, 0.1) is 20.8 Å². The van der Waals surface area contributed by atoms with Gasteiger partial charge in [-0.2, -0.15) is 0 Å². The second-order valence-electron chi connectivity index (χ2n) is 4.84. The number of carbonyl (C=O) groups is 1. The molecule has 6 nitrogen and oxygen atoms in total. The third kappa shape index (κ3) is 4.16. The summed E-state index contributed by atoms with van der Waals surface area (Å²) in [6.45, 7) is 6.17. The van der Waals surface area contributed by atoms with E-state index in [1.165, 1.54) is 0 Å². The van der Waals surface area contributed by atoms with Gasteiger partial charge in [-0.3, -0.25) is 4.79 Å². The lowest BCUT2D eigenvalue weighted by molar-refractivity contribution is 0.240. The Morgan fingerprint density at radius 2 is 2.00 bits per heavy atom. The molecule has 2 amide bonds. The van der Waals surface area contributed by atoms with E-state index < -0.39 is 0 Å². The van der Waals surface area contributed by atoms with Crippen molar-refractivity contribution in [3.8, 4) is 0 Å². The van der Waals surface area contributed by atoms with Crippen LogP contribution in [-0.4, -0.2) is 16.0 Å². The molecule has 0 saturated carbocycles. The predicted molar refractivity (Wildman–Crippen MR) is 82.5 cm³/mol. The lowest BCUT2D eigenvalue weighted by Crippen LogP contribution is -2.36. The summed E-state index contributed by atoms with van der Waals surface area (Å²) in [5.41, 5.74) is 2.91. The van der Waals surface area contributed by atoms with E-state index in [-0.39, 0.29) is 18.1 Å². The molecule has 0 spiro atoms. The minimum absolute atomic E-state index is 0.164. The van der Waals surface area contributed by atoms with Gasteiger partial charge in [-0.25, -0.2) is 9.78 Å². The Morgan fingerprint density at radius 3 is 2.62 bits per heavy atom. The van der Waals surface area contributed by atoms with E-state index in [1.807, 2.05) is 32.2 Å². The second-order valence-corrected chi connectivity index (χ2v) is 5.90. The molecular weight excluding hydrogens is 288 g/mol. The molecule has 0 fully saturated rings. The van der Waals surface area contributed by atoms with Gasteiger partial charge >= 0.3 is 6.03 Å². The van der Waals surface area contributed by atoms with Gasteiger partial charge in [0.25, 0.3) is 5.56 Å². The number of nitrogens with one attached hydrogen (secondary N) is 3. The minimum Gasteiger partial charge on any atom is -0.334 e. The highest BCUT2D eigenvalue weighted by atomic mass is 32.1. The van der Waals surface area contributed by atoms with E-state index in [9.17, 15) is 9.59 Å². The summed E-state index contributed by atoms with van der Waals surface area (Å²) >= 11 is 1.54. The molecule has 2 rings (SSSR count). The van der Waals surface area contributed by atoms with E-state index in [2.05, 4.69) is 20.6 Å². The number of thiazole rings is 1. The summed E-state index contributed by atoms with van der Waals surface area (Å²) in [5, 5.41) is 8.27. The zero-order valence-corrected chi connectivity index (χ0v) is 13.1. The first-order valence-electron chi connectivity index (χ1n) is 6.58. The highest BCUT2D eigenvalue weighted by Gasteiger charge is 2.07. The fourth-order valence-electron chi connectivity index (χ4n) is 1.99. The van der Waals surface area contributed by atoms with Crippen LogP contribution in [0.1, 0.15) is 27.5 Å². The standard InChI is InChI=1S/C14H18N4O2S/c1-8-4-9(2)17-13(19)12(8)6-16-14(20)15-5-11-7-21-10(3)18-11/h4,7H,5-6H2,1-3H3,(H,17,19)(H2,15,16,20). The largest absolute Gasteiger partial charge is 0.334 e. The maximum Gasteiger partial charge on any atom is 0.315 e. The molecule has 2 heterocycles. The third-order valence-corrected chi connectivity index (χ3v) is 3.84. The number of amides is 2. The van der Waals surface area contributed by atoms with Crippen molar-refractivity contribution < 1.29 is 4.79 Å². The van der Waals surface area contributed by atoms with Crippen LogP contribution >= 0.6 is 11.3 Å². The molecule has 0 radical (unpaired) electrons. The van der Waals surface area contributed by atoms with Crippen molar-refractivity contribution in [2.24, 2.45) is 0 Å². The molecule has 112 valence electrons. The third-order valence-electron chi connectivity index (χ3n) is 3.02. The molecule has 2 aromatic rings. The molecule has 21 heavy (non-hydrogen) atoms. The van der Waals surface area contributed by atoms with Crippen LogP contribution in [0.25, 0.3) is 0 Å². The summed E-state index contributed by atoms with van der Waals surface area (Å²) in [7, 11) is 0. The first-order valence-corrected chi connectivity index (χ1v) is 7.46. The molecule has 0 unspecified atom stereocenters. The van der Waals surface area contributed by atoms with E-state index in [0.29, 0.717) is 12.1 Å². The molecule has 7 heteroatoms. The first-order chi connectivity index (χ1) is 9.95. The van der Waals surface area contributed by atoms with Gasteiger partial charge in [0.1, 0.15) is 0 Å². The van der Waals surface area contributed by atoms with Gasteiger partial charge in [-0.15, -0.1) is 11.3 Å². The zero-order valence-electron chi connectivity index (χ0n) is 12.2. The van der Waals surface area contributed by atoms with Crippen molar-refractivity contribution in [3.63, 3.8) is 0 Å². The Kier molecular flexibility index (Phi) is 4.74. The second kappa shape index (κ2) is 6.53. The van der Waals surface area contributed by atoms with Crippen LogP contribution in [0.3, 0.4) is 0 Å². The molecule has 0 atom stereocenters. The normalized spacial score (nSPS) is 10.4. The number of aryl methyl sites for hydroxylation is 3. The maximum absolute atomic E-state index is 11.8. The Bertz CT molecular complexity index is 705. The van der Waals surface area contributed by atoms with E-state index in [4.69, 9.17) is 0 Å². The molecule has 2 aromatic heterocycles. The zero-order chi connectivity index (χ0) is 15.4. The number of rotatable bonds is 4. The van der Waals surface area contributed by atoms with Crippen LogP contribution in [0.15, 0.2) is 16.2 Å². The molecule has 0 aliphatic heterocycles. The number of hydrogen-bond acceptors (Lipinski definition) is 4. The van der Waals surface area contributed by atoms with Crippen molar-refractivity contribution in [2.45, 2.75) is 33.9 Å². The Morgan fingerprint density at radius 1 is 1.29 bits per heavy atom. The molecule has 0 aliphatic carbocycles. The number of nitrogens with zero attached hydrogens (tertiary/aromatic N) is 1. The highest BCUT2D eigenvalue weighted by molar-refractivity contribution is 7.09. The van der Waals surface area contributed by atoms with Gasteiger partial charge in [0, 0.05) is 16.6 Å². The van der Waals surface area contributed by atoms with E-state index in [1.54, 1.807) is 11.3 Å². The minimum atomic E-state index is -0.319. The summed E-state index contributed by atoms with van der Waals surface area (Å²) in [6, 6.07) is 1.56. The van der Waals surface area contributed by atoms with Crippen molar-refractivity contribution in [1.82, 2.24) is 20.6 Å². The van der Waals surface area contributed by atoms with Crippen molar-refractivity contribution in [3.05, 3.63) is 49.3 Å². The molecular formula is C14H18N4O2S. The lowest BCUT2D eigenvalue weighted by atomic mass is 10.1. The van der Waals surface area contributed by atoms with Gasteiger partial charge in [0.2, 0.25) is 0 Å². The number of hydrogen-bond donors (Lipinski definition) is 3. The number of aromatic amines is 1. The average molecular weight is 306 g/mol. The first kappa shape index (κ1) is 15.2. The van der Waals surface area contributed by atoms with Gasteiger partial charge < -0.3 is 15.6 Å². The summed E-state index contributed by atoms with van der Waals surface area (Å²) < 4.78 is 0. The SMILES string of the molecule is Cc1cc(C)c(CNC(=O)NCc2csc(C)n2)c(=O)[nH]1. The Hall–Kier alpha value is -2.15. The molecule has 0 bridgehead atoms. The molecule has 0 aliphatic rings. The average Bonchev–Trinajstić information content (AvgIpc) is 2.81. The number of pyridine rings is 1. The highest BCUT2D eigenvalue weighted by Crippen LogP contribution is 2.07. The fraction of sp³-hybridized carbons (Fsp3) is 0.357. The van der Waals surface area contributed by atoms with Gasteiger partial charge in [0.05, 0.1) is 23.8 Å². The monoisotopic (exact) mass is 306 g/mol. The summed E-state index contributed by atoms with van der Waals surface area (Å²) in [4.78, 5) is 30.5. The Balaban J connectivity index is 1.88. The van der Waals surface area contributed by atoms with Crippen LogP contribution < -0.4 is 16.2 Å². The summed E-state index contributed by atoms with van der Waals surface area (Å²) in [5.74, 6) is 0. The number of urea groups is 1. The smallest absolute Gasteiger partial charge is 0.315 e. The maximum atomic E-state index is 11.8. The van der Waals surface area contributed by atoms with E-state index in [0.717, 1.165) is 22.0 Å². The molecule has 0 aromatic carbocycles. The van der Waals surface area contributed by atoms with E-state index >= 15 is 0 Å². The van der Waals surface area contributed by atoms with Crippen molar-refractivity contribution in [1.29, 1.82) is 0 Å². The van der Waals surface area contributed by atoms with Crippen molar-refractivity contribution in [2.75, 3.05) is 0 Å². The fourth-order valence-corrected chi connectivity index (χ4v) is 2.61. The lowest BCUT2D eigenvalue weighted by Gasteiger charge is -2.08. The molecule has 0 saturated heterocycles. The van der Waals surface area contributed by atoms with Gasteiger partial charge in [-0.05, 0) is 32.4 Å². The van der Waals surface area contributed by atoms with Crippen molar-refractivity contribution >= 4 is 17.4 Å². The Labute approximate surface area is 126 Å². The number of aromatic nitrogens is 2. The van der Waals surface area contributed by atoms with Crippen LogP contribution in [-0.2, 0) is 13.1 Å². The van der Waals surface area contributed by atoms with Gasteiger partial charge in [0.15, 0.2) is 0 Å². The number of carbonyl (C=O) groups excluding carboxylic acids is 1. The van der Waals surface area contributed by atoms with Crippen LogP contribution in [0.4, 0.5) is 4.79 Å². The number of H-pyrrole nitrogens is 1. The van der Waals surface area contributed by atoms with Crippen LogP contribution in [0.5, 0.6) is 0 Å². The van der Waals surface area contributed by atoms with Crippen LogP contribution in [0.2, 0.25) is 0 Å². The molecule has 3 N–H and O–H groups in total. The summed E-state index contributed by atoms with van der Waals surface area (Å²) in [6.07, 6.45) is 0.